The van der Waals surface area contributed by atoms with Gasteiger partial charge in [0.15, 0.2) is 0 Å². The van der Waals surface area contributed by atoms with E-state index in [1.54, 1.807) is 7.05 Å². The highest BCUT2D eigenvalue weighted by atomic mass is 16.2. The van der Waals surface area contributed by atoms with Crippen LogP contribution < -0.4 is 10.6 Å². The molecule has 3 aliphatic rings. The second-order valence-electron chi connectivity index (χ2n) is 10.6. The first-order valence-corrected chi connectivity index (χ1v) is 13.6. The minimum absolute atomic E-state index is 0.0684. The minimum atomic E-state index is -0.394. The Balaban J connectivity index is 1.45. The van der Waals surface area contributed by atoms with Crippen molar-refractivity contribution in [2.45, 2.75) is 95.8 Å². The van der Waals surface area contributed by atoms with Crippen molar-refractivity contribution in [2.24, 2.45) is 5.92 Å². The van der Waals surface area contributed by atoms with Crippen molar-refractivity contribution < 1.29 is 9.59 Å². The van der Waals surface area contributed by atoms with Crippen LogP contribution in [0.4, 0.5) is 0 Å². The fourth-order valence-electron chi connectivity index (χ4n) is 6.35. The molecule has 0 bridgehead atoms. The average Bonchev–Trinajstić information content (AvgIpc) is 3.52. The van der Waals surface area contributed by atoms with Gasteiger partial charge in [0.1, 0.15) is 6.04 Å². The van der Waals surface area contributed by atoms with Gasteiger partial charge in [-0.15, -0.1) is 0 Å². The molecule has 0 unspecified atom stereocenters. The number of hydrogen-bond donors (Lipinski definition) is 2. The molecule has 188 valence electrons. The summed E-state index contributed by atoms with van der Waals surface area (Å²) in [6.45, 7) is 6.84. The summed E-state index contributed by atoms with van der Waals surface area (Å²) in [6, 6.07) is 8.87. The largest absolute Gasteiger partial charge is 0.343 e. The molecule has 0 aromatic heterocycles. The van der Waals surface area contributed by atoms with Gasteiger partial charge in [0.25, 0.3) is 0 Å². The lowest BCUT2D eigenvalue weighted by molar-refractivity contribution is -0.139. The molecule has 2 amide bonds. The normalized spacial score (nSPS) is 23.2. The second kappa shape index (κ2) is 11.7. The molecule has 6 heteroatoms. The zero-order chi connectivity index (χ0) is 24.1. The Morgan fingerprint density at radius 2 is 1.74 bits per heavy atom. The summed E-state index contributed by atoms with van der Waals surface area (Å²) in [4.78, 5) is 31.4. The van der Waals surface area contributed by atoms with Crippen molar-refractivity contribution in [3.05, 3.63) is 35.4 Å². The summed E-state index contributed by atoms with van der Waals surface area (Å²) in [5.41, 5.74) is 2.95. The van der Waals surface area contributed by atoms with Gasteiger partial charge in [-0.1, -0.05) is 50.5 Å². The maximum Gasteiger partial charge on any atom is 0.245 e. The molecule has 1 aliphatic heterocycles. The van der Waals surface area contributed by atoms with Crippen molar-refractivity contribution in [1.29, 1.82) is 0 Å². The van der Waals surface area contributed by atoms with Gasteiger partial charge in [0.2, 0.25) is 11.8 Å². The fraction of sp³-hybridized carbons (Fsp3) is 0.714. The predicted octanol–water partition coefficient (Wildman–Crippen LogP) is 3.14. The van der Waals surface area contributed by atoms with Gasteiger partial charge in [-0.25, -0.2) is 0 Å². The molecule has 2 aliphatic carbocycles. The van der Waals surface area contributed by atoms with Crippen molar-refractivity contribution >= 4 is 11.8 Å². The first kappa shape index (κ1) is 25.2. The van der Waals surface area contributed by atoms with Gasteiger partial charge in [0, 0.05) is 25.2 Å². The van der Waals surface area contributed by atoms with E-state index in [4.69, 9.17) is 0 Å². The smallest absolute Gasteiger partial charge is 0.245 e. The number of benzene rings is 1. The topological polar surface area (TPSA) is 64.7 Å². The standard InChI is InChI=1S/C28H44N4O2/c1-4-31(25-17-22-13-8-9-14-23(22)18-25)19-24-15-10-16-32(24)28(34)26(21-11-6-5-7-12-21)30-27(33)20(2)29-3/h8-9,13-14,20-21,24-26,29H,4-7,10-12,15-19H2,1-3H3,(H,30,33)/t20-,24-,26-/m0/s1. The van der Waals surface area contributed by atoms with E-state index in [1.807, 2.05) is 6.92 Å². The average molecular weight is 469 g/mol. The Bertz CT molecular complexity index is 812. The van der Waals surface area contributed by atoms with Gasteiger partial charge in [-0.3, -0.25) is 14.5 Å². The Kier molecular flexibility index (Phi) is 8.65. The Hall–Kier alpha value is -1.92. The van der Waals surface area contributed by atoms with Crippen LogP contribution in [0, 0.1) is 5.92 Å². The lowest BCUT2D eigenvalue weighted by Crippen LogP contribution is -2.57. The fourth-order valence-corrected chi connectivity index (χ4v) is 6.35. The molecule has 2 fully saturated rings. The molecule has 1 aromatic rings. The van der Waals surface area contributed by atoms with E-state index in [0.717, 1.165) is 71.0 Å². The summed E-state index contributed by atoms with van der Waals surface area (Å²) in [7, 11) is 1.79. The van der Waals surface area contributed by atoms with Gasteiger partial charge in [0.05, 0.1) is 6.04 Å². The zero-order valence-corrected chi connectivity index (χ0v) is 21.4. The quantitative estimate of drug-likeness (QED) is 0.584. The van der Waals surface area contributed by atoms with Crippen LogP contribution in [-0.4, -0.2) is 72.5 Å². The molecular weight excluding hydrogens is 424 g/mol. The number of nitrogens with zero attached hydrogens (tertiary/aromatic N) is 2. The maximum atomic E-state index is 13.9. The molecule has 1 saturated carbocycles. The van der Waals surface area contributed by atoms with E-state index >= 15 is 0 Å². The SMILES string of the molecule is CCN(C[C@@H]1CCCN1C(=O)[C@@H](NC(=O)[C@H](C)NC)C1CCCCC1)C1Cc2ccccc2C1. The number of fused-ring (bicyclic) bond motifs is 1. The number of hydrogen-bond acceptors (Lipinski definition) is 4. The van der Waals surface area contributed by atoms with Crippen LogP contribution in [0.3, 0.4) is 0 Å². The lowest BCUT2D eigenvalue weighted by Gasteiger charge is -2.38. The van der Waals surface area contributed by atoms with E-state index in [2.05, 4.69) is 51.6 Å². The summed E-state index contributed by atoms with van der Waals surface area (Å²) in [5, 5.41) is 6.18. The molecule has 1 saturated heterocycles. The van der Waals surface area contributed by atoms with E-state index in [1.165, 1.54) is 17.5 Å². The monoisotopic (exact) mass is 468 g/mol. The van der Waals surface area contributed by atoms with Crippen LogP contribution >= 0.6 is 0 Å². The highest BCUT2D eigenvalue weighted by Gasteiger charge is 2.39. The van der Waals surface area contributed by atoms with Gasteiger partial charge in [-0.05, 0) is 76.1 Å². The van der Waals surface area contributed by atoms with E-state index < -0.39 is 6.04 Å². The van der Waals surface area contributed by atoms with Crippen LogP contribution in [-0.2, 0) is 22.4 Å². The third-order valence-corrected chi connectivity index (χ3v) is 8.57. The van der Waals surface area contributed by atoms with Crippen molar-refractivity contribution in [1.82, 2.24) is 20.4 Å². The number of carbonyl (C=O) groups excluding carboxylic acids is 2. The number of amides is 2. The first-order valence-electron chi connectivity index (χ1n) is 13.6. The van der Waals surface area contributed by atoms with E-state index in [0.29, 0.717) is 6.04 Å². The van der Waals surface area contributed by atoms with E-state index in [-0.39, 0.29) is 29.8 Å². The highest BCUT2D eigenvalue weighted by Crippen LogP contribution is 2.31. The molecular formula is C28H44N4O2. The summed E-state index contributed by atoms with van der Waals surface area (Å²) >= 11 is 0. The van der Waals surface area contributed by atoms with Crippen LogP contribution in [0.25, 0.3) is 0 Å². The first-order chi connectivity index (χ1) is 16.5. The number of likely N-dealkylation sites (tertiary alicyclic amines) is 1. The summed E-state index contributed by atoms with van der Waals surface area (Å²) in [6.07, 6.45) is 9.93. The molecule has 2 N–H and O–H groups in total. The van der Waals surface area contributed by atoms with Crippen molar-refractivity contribution in [3.8, 4) is 0 Å². The molecule has 1 aromatic carbocycles. The summed E-state index contributed by atoms with van der Waals surface area (Å²) in [5.74, 6) is 0.333. The van der Waals surface area contributed by atoms with Crippen molar-refractivity contribution in [3.63, 3.8) is 0 Å². The molecule has 1 heterocycles. The Morgan fingerprint density at radius 3 is 2.35 bits per heavy atom. The van der Waals surface area contributed by atoms with Crippen molar-refractivity contribution in [2.75, 3.05) is 26.7 Å². The molecule has 34 heavy (non-hydrogen) atoms. The van der Waals surface area contributed by atoms with Crippen LogP contribution in [0.1, 0.15) is 69.9 Å². The third kappa shape index (κ3) is 5.65. The zero-order valence-electron chi connectivity index (χ0n) is 21.4. The minimum Gasteiger partial charge on any atom is -0.343 e. The van der Waals surface area contributed by atoms with Crippen LogP contribution in [0.2, 0.25) is 0 Å². The van der Waals surface area contributed by atoms with Crippen LogP contribution in [0.15, 0.2) is 24.3 Å². The molecule has 6 nitrogen and oxygen atoms in total. The number of rotatable bonds is 9. The predicted molar refractivity (Wildman–Crippen MR) is 137 cm³/mol. The van der Waals surface area contributed by atoms with Gasteiger partial charge in [-0.2, -0.15) is 0 Å². The molecule has 3 atom stereocenters. The van der Waals surface area contributed by atoms with E-state index in [9.17, 15) is 9.59 Å². The van der Waals surface area contributed by atoms with Crippen LogP contribution in [0.5, 0.6) is 0 Å². The Labute approximate surface area is 205 Å². The Morgan fingerprint density at radius 1 is 1.06 bits per heavy atom. The van der Waals surface area contributed by atoms with Gasteiger partial charge < -0.3 is 15.5 Å². The third-order valence-electron chi connectivity index (χ3n) is 8.57. The molecule has 0 radical (unpaired) electrons. The molecule has 0 spiro atoms. The number of nitrogens with one attached hydrogen (secondary N) is 2. The van der Waals surface area contributed by atoms with Gasteiger partial charge >= 0.3 is 0 Å². The molecule has 4 rings (SSSR count). The summed E-state index contributed by atoms with van der Waals surface area (Å²) < 4.78 is 0. The second-order valence-corrected chi connectivity index (χ2v) is 10.6. The maximum absolute atomic E-state index is 13.9. The lowest BCUT2D eigenvalue weighted by atomic mass is 9.83. The number of carbonyl (C=O) groups is 2. The number of likely N-dealkylation sites (N-methyl/N-ethyl adjacent to an activating group) is 2. The highest BCUT2D eigenvalue weighted by molar-refractivity contribution is 5.90.